The lowest BCUT2D eigenvalue weighted by Gasteiger charge is -2.09. The molecule has 0 bridgehead atoms. The van der Waals surface area contributed by atoms with Gasteiger partial charge in [-0.3, -0.25) is 4.57 Å². The summed E-state index contributed by atoms with van der Waals surface area (Å²) in [5.41, 5.74) is 0.907. The molecule has 0 radical (unpaired) electrons. The molecule has 2 aromatic rings. The molecule has 0 fully saturated rings. The van der Waals surface area contributed by atoms with Crippen LogP contribution in [0, 0.1) is 0 Å². The molecule has 1 heterocycles. The largest absolute Gasteiger partial charge is 0.508 e. The van der Waals surface area contributed by atoms with Crippen LogP contribution < -0.4 is 10.6 Å². The van der Waals surface area contributed by atoms with Gasteiger partial charge in [0.25, 0.3) is 0 Å². The summed E-state index contributed by atoms with van der Waals surface area (Å²) >= 11 is 0. The van der Waals surface area contributed by atoms with Crippen LogP contribution in [0.5, 0.6) is 5.75 Å². The molecule has 0 spiro atoms. The van der Waals surface area contributed by atoms with Gasteiger partial charge in [0.1, 0.15) is 11.6 Å². The van der Waals surface area contributed by atoms with E-state index in [0.29, 0.717) is 13.0 Å². The van der Waals surface area contributed by atoms with Gasteiger partial charge in [-0.1, -0.05) is 12.1 Å². The average molecular weight is 324 g/mol. The molecule has 0 aliphatic heterocycles. The summed E-state index contributed by atoms with van der Waals surface area (Å²) in [6.07, 6.45) is 3.31. The molecule has 124 valence electrons. The van der Waals surface area contributed by atoms with Crippen LogP contribution >= 0.6 is 0 Å². The number of carbonyl (C=O) groups excluding carboxylic acids is 1. The minimum atomic E-state index is -2.64. The van der Waals surface area contributed by atoms with Crippen molar-refractivity contribution in [3.8, 4) is 5.75 Å². The highest BCUT2D eigenvalue weighted by atomic mass is 19.3. The fraction of sp³-hybridized carbons (Fsp3) is 0.333. The number of halogens is 2. The number of benzene rings is 1. The van der Waals surface area contributed by atoms with Gasteiger partial charge >= 0.3 is 12.6 Å². The fourth-order valence-corrected chi connectivity index (χ4v) is 2.10. The summed E-state index contributed by atoms with van der Waals surface area (Å²) in [7, 11) is 0. The first kappa shape index (κ1) is 16.7. The molecule has 0 unspecified atom stereocenters. The Bertz CT molecular complexity index is 646. The Balaban J connectivity index is 1.66. The summed E-state index contributed by atoms with van der Waals surface area (Å²) < 4.78 is 26.0. The SMILES string of the molecule is O=C(NCCc1cccc(O)c1)NCCc1nccn1C(F)F. The van der Waals surface area contributed by atoms with E-state index in [-0.39, 0.29) is 30.6 Å². The highest BCUT2D eigenvalue weighted by Gasteiger charge is 2.11. The molecule has 1 aromatic heterocycles. The van der Waals surface area contributed by atoms with E-state index in [4.69, 9.17) is 0 Å². The molecular weight excluding hydrogens is 306 g/mol. The number of phenols is 1. The molecule has 6 nitrogen and oxygen atoms in total. The smallest absolute Gasteiger partial charge is 0.319 e. The number of rotatable bonds is 7. The van der Waals surface area contributed by atoms with Gasteiger partial charge in [-0.05, 0) is 24.1 Å². The van der Waals surface area contributed by atoms with Gasteiger partial charge in [0.05, 0.1) is 0 Å². The van der Waals surface area contributed by atoms with Gasteiger partial charge in [0.2, 0.25) is 0 Å². The Morgan fingerprint density at radius 2 is 2.00 bits per heavy atom. The number of nitrogens with one attached hydrogen (secondary N) is 2. The van der Waals surface area contributed by atoms with Crippen molar-refractivity contribution >= 4 is 6.03 Å². The zero-order valence-electron chi connectivity index (χ0n) is 12.4. The van der Waals surface area contributed by atoms with E-state index >= 15 is 0 Å². The molecule has 2 rings (SSSR count). The Kier molecular flexibility index (Phi) is 5.90. The molecule has 3 N–H and O–H groups in total. The maximum absolute atomic E-state index is 12.6. The zero-order chi connectivity index (χ0) is 16.7. The predicted octanol–water partition coefficient (Wildman–Crippen LogP) is 2.07. The highest BCUT2D eigenvalue weighted by molar-refractivity contribution is 5.73. The standard InChI is InChI=1S/C15H18F2N4O2/c16-14(17)21-9-8-18-13(21)5-7-20-15(23)19-6-4-11-2-1-3-12(22)10-11/h1-3,8-10,14,22H,4-7H2,(H2,19,20,23). The van der Waals surface area contributed by atoms with Crippen LogP contribution in [0.15, 0.2) is 36.7 Å². The van der Waals surface area contributed by atoms with E-state index in [1.165, 1.54) is 12.4 Å². The molecule has 0 saturated heterocycles. The molecule has 0 saturated carbocycles. The maximum atomic E-state index is 12.6. The predicted molar refractivity (Wildman–Crippen MR) is 80.4 cm³/mol. The van der Waals surface area contributed by atoms with E-state index in [0.717, 1.165) is 10.1 Å². The Morgan fingerprint density at radius 3 is 2.70 bits per heavy atom. The van der Waals surface area contributed by atoms with Crippen molar-refractivity contribution in [1.82, 2.24) is 20.2 Å². The second-order valence-electron chi connectivity index (χ2n) is 4.88. The maximum Gasteiger partial charge on any atom is 0.319 e. The number of imidazole rings is 1. The zero-order valence-corrected chi connectivity index (χ0v) is 12.4. The van der Waals surface area contributed by atoms with Crippen molar-refractivity contribution in [1.29, 1.82) is 0 Å². The lowest BCUT2D eigenvalue weighted by molar-refractivity contribution is 0.0670. The Labute approximate surface area is 132 Å². The molecule has 8 heteroatoms. The van der Waals surface area contributed by atoms with E-state index in [1.807, 2.05) is 6.07 Å². The van der Waals surface area contributed by atoms with E-state index in [9.17, 15) is 18.7 Å². The van der Waals surface area contributed by atoms with Gasteiger partial charge in [-0.25, -0.2) is 9.78 Å². The lowest BCUT2D eigenvalue weighted by Crippen LogP contribution is -2.37. The first-order chi connectivity index (χ1) is 11.1. The number of alkyl halides is 2. The van der Waals surface area contributed by atoms with Gasteiger partial charge in [0.15, 0.2) is 0 Å². The number of amides is 2. The van der Waals surface area contributed by atoms with Crippen molar-refractivity contribution in [2.75, 3.05) is 13.1 Å². The van der Waals surface area contributed by atoms with E-state index in [2.05, 4.69) is 15.6 Å². The number of aromatic nitrogens is 2. The number of hydrogen-bond acceptors (Lipinski definition) is 3. The average Bonchev–Trinajstić information content (AvgIpc) is 2.96. The Morgan fingerprint density at radius 1 is 1.26 bits per heavy atom. The molecular formula is C15H18F2N4O2. The third kappa shape index (κ3) is 5.24. The second-order valence-corrected chi connectivity index (χ2v) is 4.88. The molecule has 1 aromatic carbocycles. The summed E-state index contributed by atoms with van der Waals surface area (Å²) in [5, 5.41) is 14.6. The van der Waals surface area contributed by atoms with Crippen LogP contribution in [0.2, 0.25) is 0 Å². The second kappa shape index (κ2) is 8.11. The third-order valence-corrected chi connectivity index (χ3v) is 3.20. The minimum absolute atomic E-state index is 0.182. The monoisotopic (exact) mass is 324 g/mol. The van der Waals surface area contributed by atoms with E-state index in [1.54, 1.807) is 18.2 Å². The van der Waals surface area contributed by atoms with Crippen LogP contribution in [0.1, 0.15) is 17.9 Å². The topological polar surface area (TPSA) is 79.2 Å². The lowest BCUT2D eigenvalue weighted by atomic mass is 10.1. The number of aromatic hydroxyl groups is 1. The van der Waals surface area contributed by atoms with Crippen molar-refractivity contribution < 1.29 is 18.7 Å². The molecule has 0 aliphatic carbocycles. The molecule has 23 heavy (non-hydrogen) atoms. The summed E-state index contributed by atoms with van der Waals surface area (Å²) in [4.78, 5) is 15.4. The summed E-state index contributed by atoms with van der Waals surface area (Å²) in [5.74, 6) is 0.404. The first-order valence-electron chi connectivity index (χ1n) is 7.15. The molecule has 2 amide bonds. The van der Waals surface area contributed by atoms with Gasteiger partial charge < -0.3 is 15.7 Å². The highest BCUT2D eigenvalue weighted by Crippen LogP contribution is 2.12. The minimum Gasteiger partial charge on any atom is -0.508 e. The van der Waals surface area contributed by atoms with Crippen molar-refractivity contribution in [3.63, 3.8) is 0 Å². The van der Waals surface area contributed by atoms with Gasteiger partial charge in [0, 0.05) is 31.9 Å². The van der Waals surface area contributed by atoms with Crippen molar-refractivity contribution in [2.45, 2.75) is 19.4 Å². The van der Waals surface area contributed by atoms with Crippen LogP contribution in [-0.2, 0) is 12.8 Å². The number of phenolic OH excluding ortho intramolecular Hbond substituents is 1. The number of carbonyl (C=O) groups is 1. The van der Waals surface area contributed by atoms with Crippen molar-refractivity contribution in [2.24, 2.45) is 0 Å². The van der Waals surface area contributed by atoms with Gasteiger partial charge in [-0.15, -0.1) is 0 Å². The third-order valence-electron chi connectivity index (χ3n) is 3.20. The van der Waals surface area contributed by atoms with Gasteiger partial charge in [-0.2, -0.15) is 8.78 Å². The van der Waals surface area contributed by atoms with Crippen LogP contribution in [-0.4, -0.2) is 33.8 Å². The molecule has 0 aliphatic rings. The normalized spacial score (nSPS) is 10.7. The number of nitrogens with zero attached hydrogens (tertiary/aromatic N) is 2. The van der Waals surface area contributed by atoms with Crippen molar-refractivity contribution in [3.05, 3.63) is 48.0 Å². The fourth-order valence-electron chi connectivity index (χ4n) is 2.10. The first-order valence-corrected chi connectivity index (χ1v) is 7.15. The number of urea groups is 1. The summed E-state index contributed by atoms with van der Waals surface area (Å²) in [6.45, 7) is -2.02. The Hall–Kier alpha value is -2.64. The van der Waals surface area contributed by atoms with Crippen LogP contribution in [0.25, 0.3) is 0 Å². The van der Waals surface area contributed by atoms with Crippen LogP contribution in [0.3, 0.4) is 0 Å². The number of hydrogen-bond donors (Lipinski definition) is 3. The molecule has 0 atom stereocenters. The quantitative estimate of drug-likeness (QED) is 0.729. The van der Waals surface area contributed by atoms with E-state index < -0.39 is 6.55 Å². The van der Waals surface area contributed by atoms with Crippen LogP contribution in [0.4, 0.5) is 13.6 Å². The summed E-state index contributed by atoms with van der Waals surface area (Å²) in [6, 6.07) is 6.41.